The maximum Gasteiger partial charge on any atom is 0.308 e. The molecule has 0 spiro atoms. The van der Waals surface area contributed by atoms with Crippen molar-refractivity contribution < 1.29 is 9.53 Å². The molecule has 2 heteroatoms. The molecule has 1 aliphatic rings. The van der Waals surface area contributed by atoms with E-state index in [1.54, 1.807) is 0 Å². The highest BCUT2D eigenvalue weighted by Crippen LogP contribution is 2.43. The zero-order chi connectivity index (χ0) is 9.68. The van der Waals surface area contributed by atoms with Crippen molar-refractivity contribution in [3.63, 3.8) is 0 Å². The number of hydrogen-bond acceptors (Lipinski definition) is 2. The lowest BCUT2D eigenvalue weighted by molar-refractivity contribution is -0.142. The predicted octanol–water partition coefficient (Wildman–Crippen LogP) is 2.77. The second kappa shape index (κ2) is 5.25. The Labute approximate surface area is 80.7 Å². The number of unbranched alkanes of at least 4 members (excludes halogenated alkanes) is 3. The smallest absolute Gasteiger partial charge is 0.308 e. The molecule has 0 bridgehead atoms. The quantitative estimate of drug-likeness (QED) is 0.468. The number of methoxy groups -OCH3 is 1. The molecule has 0 aromatic carbocycles. The highest BCUT2D eigenvalue weighted by Gasteiger charge is 2.42. The predicted molar refractivity (Wildman–Crippen MR) is 52.4 cm³/mol. The summed E-state index contributed by atoms with van der Waals surface area (Å²) in [6, 6.07) is 0. The van der Waals surface area contributed by atoms with E-state index in [0.717, 1.165) is 6.42 Å². The third-order valence-electron chi connectivity index (χ3n) is 2.85. The number of carbonyl (C=O) groups is 1. The van der Waals surface area contributed by atoms with Gasteiger partial charge in [0.15, 0.2) is 0 Å². The second-order valence-corrected chi connectivity index (χ2v) is 3.97. The molecular formula is C11H20O2. The summed E-state index contributed by atoms with van der Waals surface area (Å²) in [5.41, 5.74) is 0. The Bertz CT molecular complexity index is 165. The standard InChI is InChI=1S/C11H20O2/c1-3-4-5-6-7-9-8-10(9)11(12)13-2/h9-10H,3-8H2,1-2H3/t9-,10-/m0/s1. The Kier molecular flexibility index (Phi) is 4.26. The Morgan fingerprint density at radius 2 is 2.15 bits per heavy atom. The van der Waals surface area contributed by atoms with E-state index in [1.165, 1.54) is 39.2 Å². The zero-order valence-electron chi connectivity index (χ0n) is 8.71. The van der Waals surface area contributed by atoms with Crippen molar-refractivity contribution in [3.05, 3.63) is 0 Å². The van der Waals surface area contributed by atoms with Crippen LogP contribution in [0.3, 0.4) is 0 Å². The zero-order valence-corrected chi connectivity index (χ0v) is 8.71. The molecule has 1 fully saturated rings. The van der Waals surface area contributed by atoms with Gasteiger partial charge in [0, 0.05) is 0 Å². The largest absolute Gasteiger partial charge is 0.469 e. The van der Waals surface area contributed by atoms with Gasteiger partial charge in [-0.05, 0) is 18.8 Å². The number of ether oxygens (including phenoxy) is 1. The topological polar surface area (TPSA) is 26.3 Å². The van der Waals surface area contributed by atoms with Gasteiger partial charge in [-0.15, -0.1) is 0 Å². The average Bonchev–Trinajstić information content (AvgIpc) is 2.91. The number of carbonyl (C=O) groups excluding carboxylic acids is 1. The van der Waals surface area contributed by atoms with E-state index >= 15 is 0 Å². The molecular weight excluding hydrogens is 164 g/mol. The Morgan fingerprint density at radius 1 is 1.38 bits per heavy atom. The van der Waals surface area contributed by atoms with Gasteiger partial charge in [0.05, 0.1) is 13.0 Å². The van der Waals surface area contributed by atoms with Crippen LogP contribution in [0.15, 0.2) is 0 Å². The van der Waals surface area contributed by atoms with E-state index < -0.39 is 0 Å². The van der Waals surface area contributed by atoms with Gasteiger partial charge in [0.1, 0.15) is 0 Å². The Morgan fingerprint density at radius 3 is 2.77 bits per heavy atom. The summed E-state index contributed by atoms with van der Waals surface area (Å²) in [4.78, 5) is 11.1. The van der Waals surface area contributed by atoms with Crippen molar-refractivity contribution in [1.29, 1.82) is 0 Å². The number of esters is 1. The van der Waals surface area contributed by atoms with Crippen LogP contribution in [0.4, 0.5) is 0 Å². The van der Waals surface area contributed by atoms with Crippen LogP contribution in [0, 0.1) is 11.8 Å². The van der Waals surface area contributed by atoms with Crippen molar-refractivity contribution in [2.75, 3.05) is 7.11 Å². The van der Waals surface area contributed by atoms with Gasteiger partial charge in [-0.2, -0.15) is 0 Å². The minimum absolute atomic E-state index is 0.000455. The third kappa shape index (κ3) is 3.37. The molecule has 0 aliphatic heterocycles. The lowest BCUT2D eigenvalue weighted by atomic mass is 10.1. The summed E-state index contributed by atoms with van der Waals surface area (Å²) in [6.07, 6.45) is 7.51. The fourth-order valence-corrected chi connectivity index (χ4v) is 1.84. The SMILES string of the molecule is CCCCCC[C@H]1C[C@@H]1C(=O)OC. The molecule has 0 N–H and O–H groups in total. The van der Waals surface area contributed by atoms with Crippen LogP contribution in [0.1, 0.15) is 45.4 Å². The lowest BCUT2D eigenvalue weighted by Crippen LogP contribution is -2.04. The second-order valence-electron chi connectivity index (χ2n) is 3.97. The lowest BCUT2D eigenvalue weighted by Gasteiger charge is -1.99. The molecule has 0 saturated heterocycles. The first-order valence-corrected chi connectivity index (χ1v) is 5.37. The minimum Gasteiger partial charge on any atom is -0.469 e. The van der Waals surface area contributed by atoms with E-state index in [-0.39, 0.29) is 11.9 Å². The fourth-order valence-electron chi connectivity index (χ4n) is 1.84. The maximum absolute atomic E-state index is 11.1. The minimum atomic E-state index is 0.000455. The van der Waals surface area contributed by atoms with Gasteiger partial charge >= 0.3 is 5.97 Å². The summed E-state index contributed by atoms with van der Waals surface area (Å²) in [5.74, 6) is 0.886. The first-order chi connectivity index (χ1) is 6.29. The molecule has 76 valence electrons. The van der Waals surface area contributed by atoms with E-state index in [9.17, 15) is 4.79 Å². The molecule has 13 heavy (non-hydrogen) atoms. The average molecular weight is 184 g/mol. The van der Waals surface area contributed by atoms with Crippen molar-refractivity contribution in [2.45, 2.75) is 45.4 Å². The normalized spacial score (nSPS) is 25.7. The maximum atomic E-state index is 11.1. The molecule has 1 aliphatic carbocycles. The van der Waals surface area contributed by atoms with Crippen LogP contribution < -0.4 is 0 Å². The van der Waals surface area contributed by atoms with Gasteiger partial charge < -0.3 is 4.74 Å². The number of rotatable bonds is 6. The van der Waals surface area contributed by atoms with Crippen LogP contribution in [-0.2, 0) is 9.53 Å². The molecule has 0 unspecified atom stereocenters. The van der Waals surface area contributed by atoms with Crippen LogP contribution >= 0.6 is 0 Å². The van der Waals surface area contributed by atoms with Gasteiger partial charge in [-0.1, -0.05) is 32.6 Å². The van der Waals surface area contributed by atoms with Gasteiger partial charge in [0.25, 0.3) is 0 Å². The van der Waals surface area contributed by atoms with Crippen LogP contribution in [-0.4, -0.2) is 13.1 Å². The van der Waals surface area contributed by atoms with E-state index in [1.807, 2.05) is 0 Å². The summed E-state index contributed by atoms with van der Waals surface area (Å²) >= 11 is 0. The third-order valence-corrected chi connectivity index (χ3v) is 2.85. The monoisotopic (exact) mass is 184 g/mol. The van der Waals surface area contributed by atoms with Crippen molar-refractivity contribution >= 4 is 5.97 Å². The van der Waals surface area contributed by atoms with E-state index in [2.05, 4.69) is 6.92 Å². The summed E-state index contributed by atoms with van der Waals surface area (Å²) in [7, 11) is 1.48. The molecule has 0 amide bonds. The Balaban J connectivity index is 1.98. The van der Waals surface area contributed by atoms with Gasteiger partial charge in [0.2, 0.25) is 0 Å². The van der Waals surface area contributed by atoms with E-state index in [4.69, 9.17) is 4.74 Å². The highest BCUT2D eigenvalue weighted by molar-refractivity contribution is 5.75. The Hall–Kier alpha value is -0.530. The summed E-state index contributed by atoms with van der Waals surface area (Å²) < 4.78 is 4.69. The first kappa shape index (κ1) is 10.6. The molecule has 2 nitrogen and oxygen atoms in total. The molecule has 0 aromatic heterocycles. The van der Waals surface area contributed by atoms with Crippen LogP contribution in [0.5, 0.6) is 0 Å². The fraction of sp³-hybridized carbons (Fsp3) is 0.909. The van der Waals surface area contributed by atoms with Gasteiger partial charge in [-0.25, -0.2) is 0 Å². The van der Waals surface area contributed by atoms with Crippen molar-refractivity contribution in [3.8, 4) is 0 Å². The molecule has 0 aromatic rings. The van der Waals surface area contributed by atoms with Crippen LogP contribution in [0.25, 0.3) is 0 Å². The van der Waals surface area contributed by atoms with E-state index in [0.29, 0.717) is 5.92 Å². The van der Waals surface area contributed by atoms with Crippen molar-refractivity contribution in [1.82, 2.24) is 0 Å². The molecule has 1 rings (SSSR count). The molecule has 0 heterocycles. The van der Waals surface area contributed by atoms with Crippen molar-refractivity contribution in [2.24, 2.45) is 11.8 Å². The first-order valence-electron chi connectivity index (χ1n) is 5.37. The highest BCUT2D eigenvalue weighted by atomic mass is 16.5. The summed E-state index contributed by atoms with van der Waals surface area (Å²) in [5, 5.41) is 0. The molecule has 1 saturated carbocycles. The number of hydrogen-bond donors (Lipinski definition) is 0. The van der Waals surface area contributed by atoms with Crippen LogP contribution in [0.2, 0.25) is 0 Å². The van der Waals surface area contributed by atoms with Gasteiger partial charge in [-0.3, -0.25) is 4.79 Å². The molecule has 0 radical (unpaired) electrons. The molecule has 2 atom stereocenters. The summed E-state index contributed by atoms with van der Waals surface area (Å²) in [6.45, 7) is 2.22.